The Morgan fingerprint density at radius 3 is 2.21 bits per heavy atom. The molecule has 10 heteroatoms. The van der Waals surface area contributed by atoms with Gasteiger partial charge in [-0.25, -0.2) is 4.79 Å². The van der Waals surface area contributed by atoms with E-state index in [0.29, 0.717) is 17.0 Å². The normalized spacial score (nSPS) is 12.1. The number of amides is 4. The van der Waals surface area contributed by atoms with Crippen molar-refractivity contribution >= 4 is 29.5 Å². The van der Waals surface area contributed by atoms with Crippen molar-refractivity contribution in [3.63, 3.8) is 0 Å². The molecular formula is C28H30N4O6. The van der Waals surface area contributed by atoms with Gasteiger partial charge in [-0.05, 0) is 51.1 Å². The number of benzene rings is 2. The van der Waals surface area contributed by atoms with Gasteiger partial charge in [0.05, 0.1) is 13.5 Å². The van der Waals surface area contributed by atoms with Gasteiger partial charge in [-0.1, -0.05) is 30.5 Å². The molecule has 0 bridgehead atoms. The van der Waals surface area contributed by atoms with Gasteiger partial charge in [0, 0.05) is 22.9 Å². The maximum atomic E-state index is 13.6. The van der Waals surface area contributed by atoms with Crippen molar-refractivity contribution in [2.24, 2.45) is 5.73 Å². The standard InChI is InChI=1S/C28H30N4O6/c1-7-18-11-9-10-12-21(18)24(25(34)30-19-13-15-20(37-6)16-14-19)32(8-2)26(35)22(17-23(29)33)31-27(36)38-28(3,4)5/h1-2,9-16,22,24H,17H2,3-6H3,(H2,29,33)(H,30,34)(H,31,36). The fourth-order valence-corrected chi connectivity index (χ4v) is 3.43. The summed E-state index contributed by atoms with van der Waals surface area (Å²) in [5, 5.41) is 5.03. The van der Waals surface area contributed by atoms with E-state index in [9.17, 15) is 19.2 Å². The third kappa shape index (κ3) is 8.04. The van der Waals surface area contributed by atoms with Gasteiger partial charge in [-0.3, -0.25) is 19.3 Å². The molecule has 198 valence electrons. The van der Waals surface area contributed by atoms with E-state index in [0.717, 1.165) is 4.90 Å². The predicted octanol–water partition coefficient (Wildman–Crippen LogP) is 2.54. The molecule has 2 atom stereocenters. The van der Waals surface area contributed by atoms with Crippen molar-refractivity contribution in [2.75, 3.05) is 12.4 Å². The number of nitrogens with zero attached hydrogens (tertiary/aromatic N) is 1. The van der Waals surface area contributed by atoms with Gasteiger partial charge in [-0.15, -0.1) is 6.42 Å². The lowest BCUT2D eigenvalue weighted by Gasteiger charge is -2.30. The topological polar surface area (TPSA) is 140 Å². The average molecular weight is 519 g/mol. The van der Waals surface area contributed by atoms with E-state index in [1.54, 1.807) is 69.3 Å². The van der Waals surface area contributed by atoms with E-state index in [4.69, 9.17) is 28.1 Å². The molecule has 10 nitrogen and oxygen atoms in total. The third-order valence-electron chi connectivity index (χ3n) is 5.05. The SMILES string of the molecule is C#Cc1ccccc1C(C(=O)Nc1ccc(OC)cc1)N(C#C)C(=O)C(CC(N)=O)NC(=O)OC(C)(C)C. The summed E-state index contributed by atoms with van der Waals surface area (Å²) in [4.78, 5) is 52.1. The molecule has 2 aromatic carbocycles. The number of ether oxygens (including phenoxy) is 2. The molecular weight excluding hydrogens is 488 g/mol. The monoisotopic (exact) mass is 518 g/mol. The number of anilines is 1. The largest absolute Gasteiger partial charge is 0.497 e. The number of carbonyl (C=O) groups excluding carboxylic acids is 4. The number of terminal acetylenes is 2. The predicted molar refractivity (Wildman–Crippen MR) is 141 cm³/mol. The molecule has 4 N–H and O–H groups in total. The quantitative estimate of drug-likeness (QED) is 0.344. The molecule has 0 spiro atoms. The van der Waals surface area contributed by atoms with E-state index in [1.807, 2.05) is 0 Å². The van der Waals surface area contributed by atoms with Gasteiger partial charge >= 0.3 is 6.09 Å². The second-order valence-electron chi connectivity index (χ2n) is 9.06. The second-order valence-corrected chi connectivity index (χ2v) is 9.06. The van der Waals surface area contributed by atoms with Crippen LogP contribution in [0, 0.1) is 24.8 Å². The van der Waals surface area contributed by atoms with Gasteiger partial charge in [-0.2, -0.15) is 0 Å². The van der Waals surface area contributed by atoms with Crippen molar-refractivity contribution in [2.45, 2.75) is 44.9 Å². The van der Waals surface area contributed by atoms with Crippen LogP contribution in [0.15, 0.2) is 48.5 Å². The minimum Gasteiger partial charge on any atom is -0.497 e. The van der Waals surface area contributed by atoms with Crippen LogP contribution in [-0.4, -0.2) is 47.5 Å². The Hall–Kier alpha value is -4.96. The molecule has 0 heterocycles. The number of nitrogens with one attached hydrogen (secondary N) is 2. The lowest BCUT2D eigenvalue weighted by atomic mass is 9.97. The lowest BCUT2D eigenvalue weighted by molar-refractivity contribution is -0.138. The highest BCUT2D eigenvalue weighted by Gasteiger charge is 2.37. The first-order valence-corrected chi connectivity index (χ1v) is 11.5. The highest BCUT2D eigenvalue weighted by Crippen LogP contribution is 2.27. The highest BCUT2D eigenvalue weighted by atomic mass is 16.6. The first-order valence-electron chi connectivity index (χ1n) is 11.5. The van der Waals surface area contributed by atoms with Gasteiger partial charge in [0.1, 0.15) is 17.4 Å². The zero-order valence-corrected chi connectivity index (χ0v) is 21.6. The summed E-state index contributed by atoms with van der Waals surface area (Å²) in [5.41, 5.74) is 5.39. The van der Waals surface area contributed by atoms with Crippen LogP contribution < -0.4 is 21.1 Å². The number of primary amides is 1. The molecule has 0 saturated heterocycles. The molecule has 0 aliphatic heterocycles. The second kappa shape index (κ2) is 12.8. The van der Waals surface area contributed by atoms with Crippen LogP contribution in [0.1, 0.15) is 44.4 Å². The summed E-state index contributed by atoms with van der Waals surface area (Å²) in [6.07, 6.45) is 9.80. The van der Waals surface area contributed by atoms with Crippen molar-refractivity contribution in [3.05, 3.63) is 59.7 Å². The molecule has 38 heavy (non-hydrogen) atoms. The molecule has 2 rings (SSSR count). The Bertz CT molecular complexity index is 1270. The molecule has 0 aromatic heterocycles. The molecule has 0 saturated carbocycles. The number of hydrogen-bond acceptors (Lipinski definition) is 6. The van der Waals surface area contributed by atoms with Gasteiger partial charge in [0.25, 0.3) is 11.8 Å². The summed E-state index contributed by atoms with van der Waals surface area (Å²) in [5.74, 6) is 0.520. The van der Waals surface area contributed by atoms with Crippen LogP contribution in [0.2, 0.25) is 0 Å². The number of methoxy groups -OCH3 is 1. The molecule has 2 aromatic rings. The van der Waals surface area contributed by atoms with Crippen LogP contribution in [0.5, 0.6) is 5.75 Å². The number of nitrogens with two attached hydrogens (primary N) is 1. The number of alkyl carbamates (subject to hydrolysis) is 1. The van der Waals surface area contributed by atoms with Crippen molar-refractivity contribution < 1.29 is 28.7 Å². The molecule has 4 amide bonds. The van der Waals surface area contributed by atoms with Crippen molar-refractivity contribution in [3.8, 4) is 30.6 Å². The summed E-state index contributed by atoms with van der Waals surface area (Å²) in [6, 6.07) is 12.2. The molecule has 0 radical (unpaired) electrons. The number of hydrogen-bond donors (Lipinski definition) is 3. The third-order valence-corrected chi connectivity index (χ3v) is 5.05. The minimum absolute atomic E-state index is 0.252. The Morgan fingerprint density at radius 1 is 1.05 bits per heavy atom. The fourth-order valence-electron chi connectivity index (χ4n) is 3.43. The van der Waals surface area contributed by atoms with E-state index in [1.165, 1.54) is 7.11 Å². The lowest BCUT2D eigenvalue weighted by Crippen LogP contribution is -2.52. The van der Waals surface area contributed by atoms with Crippen LogP contribution in [0.4, 0.5) is 10.5 Å². The first-order chi connectivity index (χ1) is 17.9. The minimum atomic E-state index is -1.52. The van der Waals surface area contributed by atoms with Crippen LogP contribution >= 0.6 is 0 Å². The summed E-state index contributed by atoms with van der Waals surface area (Å²) >= 11 is 0. The Morgan fingerprint density at radius 2 is 1.68 bits per heavy atom. The zero-order chi connectivity index (χ0) is 28.5. The molecule has 0 fully saturated rings. The van der Waals surface area contributed by atoms with E-state index < -0.39 is 47.9 Å². The Labute approximate surface area is 221 Å². The summed E-state index contributed by atoms with van der Waals surface area (Å²) in [6.45, 7) is 4.88. The van der Waals surface area contributed by atoms with Crippen LogP contribution in [0.25, 0.3) is 0 Å². The van der Waals surface area contributed by atoms with E-state index in [-0.39, 0.29) is 5.56 Å². The maximum Gasteiger partial charge on any atom is 0.408 e. The Kier molecular flexibility index (Phi) is 9.89. The zero-order valence-electron chi connectivity index (χ0n) is 21.6. The Balaban J connectivity index is 2.52. The van der Waals surface area contributed by atoms with Gasteiger partial charge < -0.3 is 25.8 Å². The number of rotatable bonds is 9. The maximum absolute atomic E-state index is 13.6. The van der Waals surface area contributed by atoms with Crippen molar-refractivity contribution in [1.29, 1.82) is 0 Å². The number of carbonyl (C=O) groups is 4. The van der Waals surface area contributed by atoms with Gasteiger partial charge in [0.2, 0.25) is 5.91 Å². The highest BCUT2D eigenvalue weighted by molar-refractivity contribution is 6.00. The summed E-state index contributed by atoms with van der Waals surface area (Å²) < 4.78 is 10.3. The summed E-state index contributed by atoms with van der Waals surface area (Å²) in [7, 11) is 1.50. The van der Waals surface area contributed by atoms with Crippen LogP contribution in [0.3, 0.4) is 0 Å². The van der Waals surface area contributed by atoms with Gasteiger partial charge in [0.15, 0.2) is 6.04 Å². The van der Waals surface area contributed by atoms with Crippen molar-refractivity contribution in [1.82, 2.24) is 10.2 Å². The average Bonchev–Trinajstić information content (AvgIpc) is 2.85. The molecule has 2 unspecified atom stereocenters. The smallest absolute Gasteiger partial charge is 0.408 e. The fraction of sp³-hybridized carbons (Fsp3) is 0.286. The first kappa shape index (κ1) is 29.3. The van der Waals surface area contributed by atoms with E-state index >= 15 is 0 Å². The molecule has 0 aliphatic rings. The van der Waals surface area contributed by atoms with E-state index in [2.05, 4.69) is 22.6 Å². The molecule has 0 aliphatic carbocycles. The van der Waals surface area contributed by atoms with Crippen LogP contribution in [-0.2, 0) is 19.1 Å².